The minimum Gasteiger partial charge on any atom is -0.492 e. The number of nitrogens with one attached hydrogen (secondary N) is 1. The number of fused-ring (bicyclic) bond motifs is 1. The highest BCUT2D eigenvalue weighted by Gasteiger charge is 2.34. The van der Waals surface area contributed by atoms with E-state index in [1.54, 1.807) is 18.2 Å². The number of hydrogen-bond acceptors (Lipinski definition) is 7. The van der Waals surface area contributed by atoms with Gasteiger partial charge in [-0.25, -0.2) is 0 Å². The van der Waals surface area contributed by atoms with Gasteiger partial charge >= 0.3 is 6.18 Å². The molecule has 2 N–H and O–H groups in total. The molecule has 0 amide bonds. The van der Waals surface area contributed by atoms with Crippen LogP contribution < -0.4 is 14.8 Å². The number of ether oxygens (including phenoxy) is 2. The van der Waals surface area contributed by atoms with Crippen LogP contribution in [-0.4, -0.2) is 42.7 Å². The van der Waals surface area contributed by atoms with Crippen molar-refractivity contribution < 1.29 is 36.7 Å². The Balaban J connectivity index is 1.19. The van der Waals surface area contributed by atoms with Crippen molar-refractivity contribution in [1.29, 1.82) is 0 Å². The van der Waals surface area contributed by atoms with Crippen LogP contribution in [0.3, 0.4) is 0 Å². The molecule has 2 aromatic heterocycles. The fourth-order valence-corrected chi connectivity index (χ4v) is 3.16. The predicted octanol–water partition coefficient (Wildman–Crippen LogP) is 4.51. The van der Waals surface area contributed by atoms with Crippen LogP contribution in [0.15, 0.2) is 69.8 Å². The summed E-state index contributed by atoms with van der Waals surface area (Å²) in [6.45, 7) is 0.610. The van der Waals surface area contributed by atoms with Crippen LogP contribution in [0.2, 0.25) is 0 Å². The summed E-state index contributed by atoms with van der Waals surface area (Å²) in [4.78, 5) is 0. The number of aliphatic hydroxyl groups is 1. The molecule has 0 unspecified atom stereocenters. The Kier molecular flexibility index (Phi) is 6.85. The van der Waals surface area contributed by atoms with Crippen LogP contribution in [0.5, 0.6) is 11.5 Å². The van der Waals surface area contributed by atoms with Crippen LogP contribution in [0.25, 0.3) is 22.4 Å². The van der Waals surface area contributed by atoms with E-state index < -0.39 is 17.8 Å². The van der Waals surface area contributed by atoms with Gasteiger partial charge in [-0.3, -0.25) is 0 Å². The molecule has 174 valence electrons. The molecule has 2 heterocycles. The Morgan fingerprint density at radius 2 is 1.91 bits per heavy atom. The van der Waals surface area contributed by atoms with Crippen molar-refractivity contribution in [2.45, 2.75) is 12.3 Å². The number of aliphatic hydroxyl groups excluding tert-OH is 1. The Morgan fingerprint density at radius 3 is 2.70 bits per heavy atom. The smallest absolute Gasteiger partial charge is 0.419 e. The average molecular weight is 462 g/mol. The van der Waals surface area contributed by atoms with Crippen molar-refractivity contribution >= 4 is 11.0 Å². The van der Waals surface area contributed by atoms with Crippen molar-refractivity contribution in [1.82, 2.24) is 10.5 Å². The monoisotopic (exact) mass is 462 g/mol. The van der Waals surface area contributed by atoms with E-state index in [0.717, 1.165) is 11.5 Å². The fourth-order valence-electron chi connectivity index (χ4n) is 3.16. The third-order valence-corrected chi connectivity index (χ3v) is 4.73. The number of rotatable bonds is 10. The van der Waals surface area contributed by atoms with Crippen LogP contribution in [0.4, 0.5) is 13.2 Å². The second-order valence-electron chi connectivity index (χ2n) is 7.21. The van der Waals surface area contributed by atoms with Gasteiger partial charge in [0.25, 0.3) is 0 Å². The number of benzene rings is 2. The van der Waals surface area contributed by atoms with Crippen molar-refractivity contribution in [2.24, 2.45) is 0 Å². The van der Waals surface area contributed by atoms with E-state index in [2.05, 4.69) is 10.5 Å². The van der Waals surface area contributed by atoms with Gasteiger partial charge in [0.1, 0.15) is 48.4 Å². The highest BCUT2D eigenvalue weighted by Crippen LogP contribution is 2.36. The van der Waals surface area contributed by atoms with Gasteiger partial charge in [0, 0.05) is 24.5 Å². The Hall–Kier alpha value is -3.50. The van der Waals surface area contributed by atoms with Crippen molar-refractivity contribution in [3.8, 4) is 23.0 Å². The standard InChI is InChI=1S/C23H21F3N2O5/c24-23(25,26)18-3-1-2-4-21(18)31-14-16(29)13-27-8-10-30-17-5-6-20-15(11-17)12-22(33-20)19-7-9-32-28-19/h1-7,9,11-12,16,27,29H,8,10,13-14H2/t16-/m0/s1. The first-order valence-corrected chi connectivity index (χ1v) is 10.1. The van der Waals surface area contributed by atoms with Crippen LogP contribution in [0.1, 0.15) is 5.56 Å². The first kappa shape index (κ1) is 22.7. The van der Waals surface area contributed by atoms with Gasteiger partial charge in [0.15, 0.2) is 5.76 Å². The summed E-state index contributed by atoms with van der Waals surface area (Å²) in [5, 5.41) is 17.7. The lowest BCUT2D eigenvalue weighted by molar-refractivity contribution is -0.139. The van der Waals surface area contributed by atoms with Gasteiger partial charge in [-0.1, -0.05) is 17.3 Å². The molecule has 0 spiro atoms. The summed E-state index contributed by atoms with van der Waals surface area (Å²) in [5.74, 6) is 0.921. The lowest BCUT2D eigenvalue weighted by Gasteiger charge is -2.16. The van der Waals surface area contributed by atoms with E-state index in [1.165, 1.54) is 24.5 Å². The normalized spacial score (nSPS) is 12.7. The van der Waals surface area contributed by atoms with Gasteiger partial charge in [-0.05, 0) is 36.4 Å². The molecule has 4 rings (SSSR count). The summed E-state index contributed by atoms with van der Waals surface area (Å²) < 4.78 is 60.3. The third kappa shape index (κ3) is 5.85. The third-order valence-electron chi connectivity index (χ3n) is 4.73. The van der Waals surface area contributed by atoms with Gasteiger partial charge in [0.2, 0.25) is 0 Å². The lowest BCUT2D eigenvalue weighted by atomic mass is 10.2. The maximum absolute atomic E-state index is 13.0. The summed E-state index contributed by atoms with van der Waals surface area (Å²) in [5.41, 5.74) is 0.414. The highest BCUT2D eigenvalue weighted by molar-refractivity contribution is 5.83. The van der Waals surface area contributed by atoms with E-state index >= 15 is 0 Å². The number of para-hydroxylation sites is 1. The van der Waals surface area contributed by atoms with Gasteiger partial charge < -0.3 is 28.8 Å². The Bertz CT molecular complexity index is 1170. The summed E-state index contributed by atoms with van der Waals surface area (Å²) in [6.07, 6.45) is -4.04. The molecule has 0 aliphatic rings. The molecule has 0 radical (unpaired) electrons. The molecule has 0 bridgehead atoms. The first-order valence-electron chi connectivity index (χ1n) is 10.1. The minimum absolute atomic E-state index is 0.138. The van der Waals surface area contributed by atoms with Crippen molar-refractivity contribution in [3.63, 3.8) is 0 Å². The van der Waals surface area contributed by atoms with Gasteiger partial charge in [-0.15, -0.1) is 0 Å². The SMILES string of the molecule is O[C@@H](CNCCOc1ccc2oc(-c3ccon3)cc2c1)COc1ccccc1C(F)(F)F. The summed E-state index contributed by atoms with van der Waals surface area (Å²) in [6, 6.07) is 13.8. The number of alkyl halides is 3. The highest BCUT2D eigenvalue weighted by atomic mass is 19.4. The number of hydrogen-bond donors (Lipinski definition) is 2. The quantitative estimate of drug-likeness (QED) is 0.335. The van der Waals surface area contributed by atoms with Crippen LogP contribution in [-0.2, 0) is 6.18 Å². The second-order valence-corrected chi connectivity index (χ2v) is 7.21. The van der Waals surface area contributed by atoms with E-state index in [4.69, 9.17) is 18.4 Å². The maximum Gasteiger partial charge on any atom is 0.419 e. The zero-order chi connectivity index (χ0) is 23.3. The topological polar surface area (TPSA) is 89.9 Å². The molecule has 4 aromatic rings. The molecule has 7 nitrogen and oxygen atoms in total. The molecule has 10 heteroatoms. The molecular weight excluding hydrogens is 441 g/mol. The molecule has 0 aliphatic carbocycles. The molecule has 0 saturated carbocycles. The maximum atomic E-state index is 13.0. The predicted molar refractivity (Wildman–Crippen MR) is 113 cm³/mol. The average Bonchev–Trinajstić information content (AvgIpc) is 3.46. The summed E-state index contributed by atoms with van der Waals surface area (Å²) >= 11 is 0. The zero-order valence-corrected chi connectivity index (χ0v) is 17.3. The molecule has 1 atom stereocenters. The van der Waals surface area contributed by atoms with Crippen LogP contribution in [0, 0.1) is 0 Å². The Morgan fingerprint density at radius 1 is 1.06 bits per heavy atom. The van der Waals surface area contributed by atoms with Crippen LogP contribution >= 0.6 is 0 Å². The van der Waals surface area contributed by atoms with Crippen molar-refractivity contribution in [2.75, 3.05) is 26.3 Å². The lowest BCUT2D eigenvalue weighted by Crippen LogP contribution is -2.33. The molecular formula is C23H21F3N2O5. The molecule has 2 aromatic carbocycles. The molecule has 0 fully saturated rings. The Labute approximate surface area is 186 Å². The molecule has 0 saturated heterocycles. The van der Waals surface area contributed by atoms with E-state index in [9.17, 15) is 18.3 Å². The van der Waals surface area contributed by atoms with Gasteiger partial charge in [0.05, 0.1) is 5.56 Å². The molecule has 0 aliphatic heterocycles. The second kappa shape index (κ2) is 9.97. The van der Waals surface area contributed by atoms with E-state index in [1.807, 2.05) is 12.1 Å². The summed E-state index contributed by atoms with van der Waals surface area (Å²) in [7, 11) is 0. The zero-order valence-electron chi connectivity index (χ0n) is 17.3. The largest absolute Gasteiger partial charge is 0.492 e. The van der Waals surface area contributed by atoms with Crippen molar-refractivity contribution in [3.05, 3.63) is 66.4 Å². The van der Waals surface area contributed by atoms with E-state index in [0.29, 0.717) is 35.9 Å². The number of furan rings is 1. The number of halogens is 3. The number of aromatic nitrogens is 1. The first-order chi connectivity index (χ1) is 15.9. The minimum atomic E-state index is -4.52. The molecule has 33 heavy (non-hydrogen) atoms. The van der Waals surface area contributed by atoms with Gasteiger partial charge in [-0.2, -0.15) is 13.2 Å². The van der Waals surface area contributed by atoms with E-state index in [-0.39, 0.29) is 18.9 Å². The number of nitrogens with zero attached hydrogens (tertiary/aromatic N) is 1. The fraction of sp³-hybridized carbons (Fsp3) is 0.261.